The first-order valence-electron chi connectivity index (χ1n) is 6.93. The molecular weight excluding hydrogens is 273 g/mol. The van der Waals surface area contributed by atoms with E-state index < -0.39 is 11.9 Å². The number of carboxylic acid groups (broad SMARTS) is 1. The monoisotopic (exact) mass is 291 g/mol. The maximum Gasteiger partial charge on any atom is 0.308 e. The molecule has 4 nitrogen and oxygen atoms in total. The van der Waals surface area contributed by atoms with Crippen molar-refractivity contribution in [2.75, 3.05) is 13.1 Å². The standard InChI is InChI=1S/C16H18FNO3/c1-11(12-4-6-14(17)7-5-12)9-15(19)18-8-2-3-13(10-18)16(20)21/h4-7,9,13H,2-3,8,10H2,1H3,(H,20,21). The van der Waals surface area contributed by atoms with Gasteiger partial charge in [0.25, 0.3) is 0 Å². The van der Waals surface area contributed by atoms with Gasteiger partial charge in [0.05, 0.1) is 5.92 Å². The van der Waals surface area contributed by atoms with Crippen LogP contribution in [0.5, 0.6) is 0 Å². The van der Waals surface area contributed by atoms with E-state index in [1.54, 1.807) is 24.0 Å². The van der Waals surface area contributed by atoms with E-state index in [1.807, 2.05) is 0 Å². The van der Waals surface area contributed by atoms with Crippen molar-refractivity contribution >= 4 is 17.4 Å². The average molecular weight is 291 g/mol. The van der Waals surface area contributed by atoms with Crippen molar-refractivity contribution in [3.63, 3.8) is 0 Å². The third-order valence-electron chi connectivity index (χ3n) is 3.72. The van der Waals surface area contributed by atoms with Crippen LogP contribution in [-0.4, -0.2) is 35.0 Å². The average Bonchev–Trinajstić information content (AvgIpc) is 2.48. The molecule has 1 fully saturated rings. The van der Waals surface area contributed by atoms with E-state index >= 15 is 0 Å². The van der Waals surface area contributed by atoms with Gasteiger partial charge in [0.15, 0.2) is 0 Å². The predicted molar refractivity (Wildman–Crippen MR) is 77.0 cm³/mol. The number of hydrogen-bond donors (Lipinski definition) is 1. The summed E-state index contributed by atoms with van der Waals surface area (Å²) in [4.78, 5) is 24.8. The number of halogens is 1. The number of hydrogen-bond acceptors (Lipinski definition) is 2. The van der Waals surface area contributed by atoms with Crippen molar-refractivity contribution in [1.29, 1.82) is 0 Å². The SMILES string of the molecule is CC(=CC(=O)N1CCCC(C(=O)O)C1)c1ccc(F)cc1. The van der Waals surface area contributed by atoms with Gasteiger partial charge in [-0.1, -0.05) is 12.1 Å². The highest BCUT2D eigenvalue weighted by Crippen LogP contribution is 2.19. The van der Waals surface area contributed by atoms with Gasteiger partial charge in [-0.2, -0.15) is 0 Å². The number of carboxylic acids is 1. The van der Waals surface area contributed by atoms with Gasteiger partial charge in [0.2, 0.25) is 5.91 Å². The van der Waals surface area contributed by atoms with E-state index in [1.165, 1.54) is 18.2 Å². The largest absolute Gasteiger partial charge is 0.481 e. The Kier molecular flexibility index (Phi) is 4.73. The van der Waals surface area contributed by atoms with Crippen molar-refractivity contribution in [3.8, 4) is 0 Å². The van der Waals surface area contributed by atoms with E-state index in [-0.39, 0.29) is 18.3 Å². The lowest BCUT2D eigenvalue weighted by molar-refractivity contribution is -0.144. The number of rotatable bonds is 3. The molecule has 0 radical (unpaired) electrons. The molecule has 1 aliphatic heterocycles. The van der Waals surface area contributed by atoms with Crippen molar-refractivity contribution < 1.29 is 19.1 Å². The summed E-state index contributed by atoms with van der Waals surface area (Å²) in [5, 5.41) is 9.03. The first-order chi connectivity index (χ1) is 9.97. The normalized spacial score (nSPS) is 19.4. The second kappa shape index (κ2) is 6.52. The van der Waals surface area contributed by atoms with Gasteiger partial charge in [-0.25, -0.2) is 4.39 Å². The Morgan fingerprint density at radius 3 is 2.62 bits per heavy atom. The molecule has 1 atom stereocenters. The zero-order valence-corrected chi connectivity index (χ0v) is 11.9. The third kappa shape index (κ3) is 3.90. The molecule has 0 aliphatic carbocycles. The number of benzene rings is 1. The molecule has 2 rings (SSSR count). The number of aliphatic carboxylic acids is 1. The van der Waals surface area contributed by atoms with E-state index in [0.717, 1.165) is 11.1 Å². The molecular formula is C16H18FNO3. The van der Waals surface area contributed by atoms with Crippen LogP contribution in [0, 0.1) is 11.7 Å². The van der Waals surface area contributed by atoms with Crippen LogP contribution in [0.25, 0.3) is 5.57 Å². The summed E-state index contributed by atoms with van der Waals surface area (Å²) < 4.78 is 12.9. The second-order valence-electron chi connectivity index (χ2n) is 5.30. The summed E-state index contributed by atoms with van der Waals surface area (Å²) in [7, 11) is 0. The molecule has 21 heavy (non-hydrogen) atoms. The summed E-state index contributed by atoms with van der Waals surface area (Å²) >= 11 is 0. The molecule has 1 N–H and O–H groups in total. The molecule has 112 valence electrons. The molecule has 0 bridgehead atoms. The van der Waals surface area contributed by atoms with E-state index in [0.29, 0.717) is 19.4 Å². The van der Waals surface area contributed by atoms with Crippen molar-refractivity contribution in [3.05, 3.63) is 41.7 Å². The van der Waals surface area contributed by atoms with E-state index in [2.05, 4.69) is 0 Å². The van der Waals surface area contributed by atoms with Crippen molar-refractivity contribution in [1.82, 2.24) is 4.90 Å². The van der Waals surface area contributed by atoms with Gasteiger partial charge in [-0.15, -0.1) is 0 Å². The quantitative estimate of drug-likeness (QED) is 0.871. The van der Waals surface area contributed by atoms with Gasteiger partial charge < -0.3 is 10.0 Å². The molecule has 1 amide bonds. The van der Waals surface area contributed by atoms with Gasteiger partial charge >= 0.3 is 5.97 Å². The fourth-order valence-corrected chi connectivity index (χ4v) is 2.45. The number of piperidine rings is 1. The lowest BCUT2D eigenvalue weighted by Gasteiger charge is -2.30. The van der Waals surface area contributed by atoms with Crippen LogP contribution < -0.4 is 0 Å². The Balaban J connectivity index is 2.07. The number of allylic oxidation sites excluding steroid dienone is 1. The molecule has 1 aromatic rings. The van der Waals surface area contributed by atoms with Crippen LogP contribution in [-0.2, 0) is 9.59 Å². The van der Waals surface area contributed by atoms with E-state index in [9.17, 15) is 14.0 Å². The minimum atomic E-state index is -0.855. The van der Waals surface area contributed by atoms with E-state index in [4.69, 9.17) is 5.11 Å². The fraction of sp³-hybridized carbons (Fsp3) is 0.375. The molecule has 0 aromatic heterocycles. The topological polar surface area (TPSA) is 57.6 Å². The van der Waals surface area contributed by atoms with Gasteiger partial charge in [0.1, 0.15) is 5.82 Å². The highest BCUT2D eigenvalue weighted by molar-refractivity contribution is 5.95. The number of likely N-dealkylation sites (tertiary alicyclic amines) is 1. The Morgan fingerprint density at radius 1 is 1.33 bits per heavy atom. The second-order valence-corrected chi connectivity index (χ2v) is 5.30. The lowest BCUT2D eigenvalue weighted by atomic mass is 9.98. The molecule has 0 spiro atoms. The first-order valence-corrected chi connectivity index (χ1v) is 6.93. The summed E-state index contributed by atoms with van der Waals surface area (Å²) in [5.41, 5.74) is 1.51. The molecule has 5 heteroatoms. The number of carbonyl (C=O) groups is 2. The summed E-state index contributed by atoms with van der Waals surface area (Å²) in [6.45, 7) is 2.61. The summed E-state index contributed by atoms with van der Waals surface area (Å²) in [5.74, 6) is -1.85. The van der Waals surface area contributed by atoms with Crippen LogP contribution >= 0.6 is 0 Å². The smallest absolute Gasteiger partial charge is 0.308 e. The maximum absolute atomic E-state index is 12.9. The van der Waals surface area contributed by atoms with Crippen LogP contribution in [0.2, 0.25) is 0 Å². The highest BCUT2D eigenvalue weighted by Gasteiger charge is 2.27. The van der Waals surface area contributed by atoms with Crippen LogP contribution in [0.15, 0.2) is 30.3 Å². The predicted octanol–water partition coefficient (Wildman–Crippen LogP) is 2.55. The Morgan fingerprint density at radius 2 is 2.00 bits per heavy atom. The lowest BCUT2D eigenvalue weighted by Crippen LogP contribution is -2.41. The zero-order chi connectivity index (χ0) is 15.4. The Hall–Kier alpha value is -2.17. The van der Waals surface area contributed by atoms with Crippen LogP contribution in [0.3, 0.4) is 0 Å². The number of carbonyl (C=O) groups excluding carboxylic acids is 1. The third-order valence-corrected chi connectivity index (χ3v) is 3.72. The van der Waals surface area contributed by atoms with Crippen molar-refractivity contribution in [2.24, 2.45) is 5.92 Å². The van der Waals surface area contributed by atoms with Gasteiger partial charge in [0, 0.05) is 19.2 Å². The van der Waals surface area contributed by atoms with Gasteiger partial charge in [-0.3, -0.25) is 9.59 Å². The molecule has 0 saturated carbocycles. The minimum absolute atomic E-state index is 0.192. The molecule has 1 saturated heterocycles. The molecule has 1 heterocycles. The summed E-state index contributed by atoms with van der Waals surface area (Å²) in [6.07, 6.45) is 2.80. The zero-order valence-electron chi connectivity index (χ0n) is 11.9. The minimum Gasteiger partial charge on any atom is -0.481 e. The maximum atomic E-state index is 12.9. The first kappa shape index (κ1) is 15.2. The Bertz CT molecular complexity index is 565. The van der Waals surface area contributed by atoms with Crippen LogP contribution in [0.4, 0.5) is 4.39 Å². The van der Waals surface area contributed by atoms with Crippen molar-refractivity contribution in [2.45, 2.75) is 19.8 Å². The molecule has 1 unspecified atom stereocenters. The molecule has 1 aliphatic rings. The van der Waals surface area contributed by atoms with Crippen LogP contribution in [0.1, 0.15) is 25.3 Å². The summed E-state index contributed by atoms with van der Waals surface area (Å²) in [6, 6.07) is 5.92. The van der Waals surface area contributed by atoms with Gasteiger partial charge in [-0.05, 0) is 43.0 Å². The number of nitrogens with zero attached hydrogens (tertiary/aromatic N) is 1. The highest BCUT2D eigenvalue weighted by atomic mass is 19.1. The fourth-order valence-electron chi connectivity index (χ4n) is 2.45. The Labute approximate surface area is 122 Å². The number of amides is 1. The molecule has 1 aromatic carbocycles.